The predicted molar refractivity (Wildman–Crippen MR) is 84.5 cm³/mol. The number of ether oxygens (including phenoxy) is 1. The molecular weight excluding hydrogens is 334 g/mol. The number of benzene rings is 1. The van der Waals surface area contributed by atoms with Crippen LogP contribution in [0.25, 0.3) is 0 Å². The smallest absolute Gasteiger partial charge is 0.338 e. The Morgan fingerprint density at radius 1 is 1.33 bits per heavy atom. The summed E-state index contributed by atoms with van der Waals surface area (Å²) in [6, 6.07) is 2.77. The Hall–Kier alpha value is -2.33. The van der Waals surface area contributed by atoms with Gasteiger partial charge in [0.25, 0.3) is 0 Å². The number of nitrogens with zero attached hydrogens (tertiary/aromatic N) is 4. The average molecular weight is 353 g/mol. The van der Waals surface area contributed by atoms with E-state index in [2.05, 4.69) is 15.5 Å². The van der Waals surface area contributed by atoms with Gasteiger partial charge in [0.1, 0.15) is 0 Å². The van der Waals surface area contributed by atoms with Gasteiger partial charge in [-0.3, -0.25) is 0 Å². The minimum absolute atomic E-state index is 0.0923. The standard InChI is InChI=1S/C14H19N5O4S/c1-4-5-19-13(16-17-18-19)8-23-14(20)11-6-9(2)10(3)12(7-11)24(15,21)22/h6-7H,4-5,8H2,1-3H3,(H2,15,21,22). The van der Waals surface area contributed by atoms with E-state index in [-0.39, 0.29) is 17.1 Å². The Bertz CT molecular complexity index is 860. The van der Waals surface area contributed by atoms with E-state index >= 15 is 0 Å². The molecule has 1 aromatic carbocycles. The zero-order chi connectivity index (χ0) is 17.9. The normalized spacial score (nSPS) is 11.5. The van der Waals surface area contributed by atoms with E-state index in [0.29, 0.717) is 23.5 Å². The maximum atomic E-state index is 12.2. The molecule has 0 amide bonds. The molecule has 0 unspecified atom stereocenters. The number of hydrogen-bond acceptors (Lipinski definition) is 7. The van der Waals surface area contributed by atoms with Gasteiger partial charge in [-0.05, 0) is 54.0 Å². The van der Waals surface area contributed by atoms with Gasteiger partial charge in [0.2, 0.25) is 10.0 Å². The number of carbonyl (C=O) groups excluding carboxylic acids is 1. The van der Waals surface area contributed by atoms with Gasteiger partial charge in [-0.2, -0.15) is 0 Å². The SMILES string of the molecule is CCCn1nnnc1COC(=O)c1cc(C)c(C)c(S(N)(=O)=O)c1. The molecule has 0 saturated carbocycles. The number of carbonyl (C=O) groups is 1. The molecular formula is C14H19N5O4S. The first-order valence-electron chi connectivity index (χ1n) is 7.30. The lowest BCUT2D eigenvalue weighted by molar-refractivity contribution is 0.0456. The van der Waals surface area contributed by atoms with Gasteiger partial charge in [0, 0.05) is 6.54 Å². The van der Waals surface area contributed by atoms with E-state index in [4.69, 9.17) is 9.88 Å². The van der Waals surface area contributed by atoms with Gasteiger partial charge in [-0.15, -0.1) is 5.10 Å². The zero-order valence-corrected chi connectivity index (χ0v) is 14.5. The van der Waals surface area contributed by atoms with Crippen LogP contribution in [0.1, 0.15) is 40.7 Å². The summed E-state index contributed by atoms with van der Waals surface area (Å²) in [6.45, 7) is 5.80. The topological polar surface area (TPSA) is 130 Å². The van der Waals surface area contributed by atoms with Crippen LogP contribution in [-0.2, 0) is 27.9 Å². The first kappa shape index (κ1) is 18.0. The number of tetrazole rings is 1. The summed E-state index contributed by atoms with van der Waals surface area (Å²) in [5.41, 5.74) is 1.24. The van der Waals surface area contributed by atoms with E-state index in [0.717, 1.165) is 6.42 Å². The van der Waals surface area contributed by atoms with Gasteiger partial charge in [-0.1, -0.05) is 6.92 Å². The summed E-state index contributed by atoms with van der Waals surface area (Å²) >= 11 is 0. The number of nitrogens with two attached hydrogens (primary N) is 1. The van der Waals surface area contributed by atoms with Gasteiger partial charge in [0.15, 0.2) is 12.4 Å². The van der Waals surface area contributed by atoms with Crippen molar-refractivity contribution in [1.82, 2.24) is 20.2 Å². The van der Waals surface area contributed by atoms with E-state index < -0.39 is 16.0 Å². The molecule has 0 spiro atoms. The number of aryl methyl sites for hydroxylation is 2. The van der Waals surface area contributed by atoms with E-state index in [1.807, 2.05) is 6.92 Å². The van der Waals surface area contributed by atoms with Crippen LogP contribution >= 0.6 is 0 Å². The lowest BCUT2D eigenvalue weighted by Crippen LogP contribution is -2.16. The molecule has 2 N–H and O–H groups in total. The number of hydrogen-bond donors (Lipinski definition) is 1. The molecule has 0 atom stereocenters. The summed E-state index contributed by atoms with van der Waals surface area (Å²) in [5.74, 6) is -0.255. The highest BCUT2D eigenvalue weighted by Crippen LogP contribution is 2.20. The first-order valence-corrected chi connectivity index (χ1v) is 8.85. The van der Waals surface area contributed by atoms with Crippen molar-refractivity contribution in [1.29, 1.82) is 0 Å². The summed E-state index contributed by atoms with van der Waals surface area (Å²) in [7, 11) is -3.93. The second-order valence-electron chi connectivity index (χ2n) is 5.36. The quantitative estimate of drug-likeness (QED) is 0.757. The molecule has 2 rings (SSSR count). The fraction of sp³-hybridized carbons (Fsp3) is 0.429. The van der Waals surface area contributed by atoms with Crippen LogP contribution in [-0.4, -0.2) is 34.6 Å². The molecule has 0 bridgehead atoms. The van der Waals surface area contributed by atoms with Crippen LogP contribution in [0, 0.1) is 13.8 Å². The minimum atomic E-state index is -3.93. The lowest BCUT2D eigenvalue weighted by atomic mass is 10.1. The monoisotopic (exact) mass is 353 g/mol. The minimum Gasteiger partial charge on any atom is -0.454 e. The molecule has 0 aliphatic rings. The number of primary sulfonamides is 1. The van der Waals surface area contributed by atoms with Gasteiger partial charge >= 0.3 is 5.97 Å². The molecule has 0 aliphatic carbocycles. The van der Waals surface area contributed by atoms with E-state index in [1.165, 1.54) is 6.07 Å². The Balaban J connectivity index is 2.21. The number of aromatic nitrogens is 4. The largest absolute Gasteiger partial charge is 0.454 e. The van der Waals surface area contributed by atoms with Crippen molar-refractivity contribution >= 4 is 16.0 Å². The molecule has 0 aliphatic heterocycles. The molecule has 1 heterocycles. The van der Waals surface area contributed by atoms with Crippen LogP contribution in [0.15, 0.2) is 17.0 Å². The first-order chi connectivity index (χ1) is 11.2. The van der Waals surface area contributed by atoms with Crippen molar-refractivity contribution in [3.8, 4) is 0 Å². The van der Waals surface area contributed by atoms with Crippen LogP contribution in [0.5, 0.6) is 0 Å². The van der Waals surface area contributed by atoms with Crippen molar-refractivity contribution in [2.75, 3.05) is 0 Å². The molecule has 24 heavy (non-hydrogen) atoms. The second kappa shape index (κ2) is 7.05. The third-order valence-electron chi connectivity index (χ3n) is 3.54. The fourth-order valence-electron chi connectivity index (χ4n) is 2.17. The number of rotatable bonds is 6. The van der Waals surface area contributed by atoms with Crippen LogP contribution < -0.4 is 5.14 Å². The highest BCUT2D eigenvalue weighted by molar-refractivity contribution is 7.89. The second-order valence-corrected chi connectivity index (χ2v) is 6.89. The predicted octanol–water partition coefficient (Wildman–Crippen LogP) is 0.704. The molecule has 2 aromatic rings. The molecule has 0 radical (unpaired) electrons. The number of esters is 1. The fourth-order valence-corrected chi connectivity index (χ4v) is 3.04. The maximum absolute atomic E-state index is 12.2. The van der Waals surface area contributed by atoms with Crippen LogP contribution in [0.4, 0.5) is 0 Å². The molecule has 0 saturated heterocycles. The lowest BCUT2D eigenvalue weighted by Gasteiger charge is -2.10. The number of sulfonamides is 1. The van der Waals surface area contributed by atoms with Gasteiger partial charge < -0.3 is 4.74 Å². The van der Waals surface area contributed by atoms with Crippen LogP contribution in [0.2, 0.25) is 0 Å². The van der Waals surface area contributed by atoms with Crippen molar-refractivity contribution in [2.24, 2.45) is 5.14 Å². The van der Waals surface area contributed by atoms with Crippen LogP contribution in [0.3, 0.4) is 0 Å². The van der Waals surface area contributed by atoms with Crippen molar-refractivity contribution in [3.63, 3.8) is 0 Å². The summed E-state index contributed by atoms with van der Waals surface area (Å²) in [5, 5.41) is 16.3. The maximum Gasteiger partial charge on any atom is 0.338 e. The van der Waals surface area contributed by atoms with E-state index in [9.17, 15) is 13.2 Å². The Labute approximate surface area is 139 Å². The Morgan fingerprint density at radius 3 is 2.67 bits per heavy atom. The summed E-state index contributed by atoms with van der Waals surface area (Å²) < 4.78 is 30.0. The third-order valence-corrected chi connectivity index (χ3v) is 4.57. The molecule has 130 valence electrons. The van der Waals surface area contributed by atoms with Gasteiger partial charge in [0.05, 0.1) is 10.5 Å². The van der Waals surface area contributed by atoms with Crippen molar-refractivity contribution in [3.05, 3.63) is 34.6 Å². The van der Waals surface area contributed by atoms with E-state index in [1.54, 1.807) is 24.6 Å². The zero-order valence-electron chi connectivity index (χ0n) is 13.7. The Kier molecular flexibility index (Phi) is 5.30. The van der Waals surface area contributed by atoms with Crippen molar-refractivity contribution in [2.45, 2.75) is 45.2 Å². The third kappa shape index (κ3) is 3.95. The average Bonchev–Trinajstić information content (AvgIpc) is 2.94. The highest BCUT2D eigenvalue weighted by Gasteiger charge is 2.19. The summed E-state index contributed by atoms with van der Waals surface area (Å²) in [4.78, 5) is 12.1. The molecule has 9 nitrogen and oxygen atoms in total. The van der Waals surface area contributed by atoms with Crippen molar-refractivity contribution < 1.29 is 17.9 Å². The molecule has 10 heteroatoms. The molecule has 0 fully saturated rings. The molecule has 1 aromatic heterocycles. The van der Waals surface area contributed by atoms with Gasteiger partial charge in [-0.25, -0.2) is 23.0 Å². The highest BCUT2D eigenvalue weighted by atomic mass is 32.2. The Morgan fingerprint density at radius 2 is 2.04 bits per heavy atom. The summed E-state index contributed by atoms with van der Waals surface area (Å²) in [6.07, 6.45) is 0.834.